The summed E-state index contributed by atoms with van der Waals surface area (Å²) < 4.78 is 8.32. The van der Waals surface area contributed by atoms with Crippen molar-refractivity contribution in [3.63, 3.8) is 0 Å². The van der Waals surface area contributed by atoms with Crippen LogP contribution in [0.4, 0.5) is 17.1 Å². The fraction of sp³-hybridized carbons (Fsp3) is 0.211. The van der Waals surface area contributed by atoms with E-state index >= 15 is 0 Å². The normalized spacial score (nSPS) is 14.0. The molecule has 0 bridgehead atoms. The average molecular weight is 564 g/mol. The molecule has 0 aliphatic carbocycles. The van der Waals surface area contributed by atoms with Crippen LogP contribution in [-0.2, 0) is 10.8 Å². The summed E-state index contributed by atoms with van der Waals surface area (Å²) in [5.41, 5.74) is 11.3. The zero-order valence-corrected chi connectivity index (χ0v) is 25.9. The minimum absolute atomic E-state index is 0.0109. The van der Waals surface area contributed by atoms with Gasteiger partial charge in [0, 0.05) is 27.9 Å². The molecule has 0 saturated heterocycles. The van der Waals surface area contributed by atoms with E-state index in [0.717, 1.165) is 5.75 Å². The van der Waals surface area contributed by atoms with E-state index in [2.05, 4.69) is 143 Å². The number of hydrogen-bond donors (Lipinski definition) is 0. The lowest BCUT2D eigenvalue weighted by Crippen LogP contribution is -2.56. The summed E-state index contributed by atoms with van der Waals surface area (Å²) >= 11 is 1.83. The summed E-state index contributed by atoms with van der Waals surface area (Å²) in [6, 6.07) is 33.8. The second-order valence-electron chi connectivity index (χ2n) is 13.8. The van der Waals surface area contributed by atoms with Crippen molar-refractivity contribution in [3.8, 4) is 16.9 Å². The Bertz CT molecular complexity index is 2030. The summed E-state index contributed by atoms with van der Waals surface area (Å²) in [7, 11) is 0. The maximum atomic E-state index is 7.02. The van der Waals surface area contributed by atoms with Crippen molar-refractivity contribution in [3.05, 3.63) is 108 Å². The molecule has 0 unspecified atom stereocenters. The van der Waals surface area contributed by atoms with Crippen molar-refractivity contribution in [2.75, 3.05) is 4.90 Å². The Hall–Kier alpha value is -4.02. The molecule has 3 heterocycles. The molecule has 0 fully saturated rings. The Morgan fingerprint density at radius 1 is 0.667 bits per heavy atom. The van der Waals surface area contributed by atoms with Gasteiger partial charge in [0.25, 0.3) is 0 Å². The van der Waals surface area contributed by atoms with Crippen molar-refractivity contribution < 1.29 is 4.65 Å². The van der Waals surface area contributed by atoms with Crippen LogP contribution in [0.25, 0.3) is 32.0 Å². The molecule has 0 spiro atoms. The molecule has 42 heavy (non-hydrogen) atoms. The minimum Gasteiger partial charge on any atom is -0.551 e. The highest BCUT2D eigenvalue weighted by molar-refractivity contribution is 7.18. The smallest absolute Gasteiger partial charge is 0.432 e. The molecule has 8 rings (SSSR count). The Kier molecular flexibility index (Phi) is 5.35. The Balaban J connectivity index is 1.55. The van der Waals surface area contributed by atoms with E-state index in [4.69, 9.17) is 4.65 Å². The molecule has 2 aliphatic rings. The molecule has 2 aliphatic heterocycles. The van der Waals surface area contributed by atoms with Crippen LogP contribution < -0.4 is 20.5 Å². The number of thiophene rings is 1. The van der Waals surface area contributed by atoms with Gasteiger partial charge in [0.2, 0.25) is 0 Å². The van der Waals surface area contributed by atoms with Gasteiger partial charge >= 0.3 is 6.92 Å². The first-order chi connectivity index (χ1) is 20.1. The Labute approximate surface area is 252 Å². The van der Waals surface area contributed by atoms with E-state index < -0.39 is 0 Å². The number of benzene rings is 5. The maximum absolute atomic E-state index is 7.02. The summed E-state index contributed by atoms with van der Waals surface area (Å²) in [4.78, 5) is 2.55. The molecule has 2 nitrogen and oxygen atoms in total. The Morgan fingerprint density at radius 3 is 2.14 bits per heavy atom. The van der Waals surface area contributed by atoms with Crippen LogP contribution in [0.15, 0.2) is 96.4 Å². The van der Waals surface area contributed by atoms with Gasteiger partial charge in [0.05, 0.1) is 10.4 Å². The number of anilines is 3. The van der Waals surface area contributed by atoms with E-state index in [1.165, 1.54) is 71.1 Å². The zero-order valence-electron chi connectivity index (χ0n) is 25.1. The SMILES string of the molecule is CC(C)(C)c1cc(N2c3ccc4ccccc4c3B3Oc4ccccc4-c4cc5ccsc5c2c43)cc(C(C)(C)C)c1. The van der Waals surface area contributed by atoms with Crippen molar-refractivity contribution in [1.29, 1.82) is 0 Å². The van der Waals surface area contributed by atoms with Crippen molar-refractivity contribution >= 4 is 67.1 Å². The molecule has 5 aromatic carbocycles. The van der Waals surface area contributed by atoms with Crippen LogP contribution in [0.5, 0.6) is 5.75 Å². The third-order valence-electron chi connectivity index (χ3n) is 9.02. The molecule has 0 N–H and O–H groups in total. The fourth-order valence-electron chi connectivity index (χ4n) is 6.75. The lowest BCUT2D eigenvalue weighted by atomic mass is 9.48. The predicted molar refractivity (Wildman–Crippen MR) is 182 cm³/mol. The van der Waals surface area contributed by atoms with Gasteiger partial charge in [-0.15, -0.1) is 11.3 Å². The summed E-state index contributed by atoms with van der Waals surface area (Å²) in [6.45, 7) is 13.7. The van der Waals surface area contributed by atoms with E-state index in [0.29, 0.717) is 0 Å². The van der Waals surface area contributed by atoms with Crippen molar-refractivity contribution in [1.82, 2.24) is 0 Å². The predicted octanol–water partition coefficient (Wildman–Crippen LogP) is 9.60. The number of rotatable bonds is 1. The lowest BCUT2D eigenvalue weighted by Gasteiger charge is -2.41. The highest BCUT2D eigenvalue weighted by atomic mass is 32.1. The van der Waals surface area contributed by atoms with Crippen LogP contribution in [0.1, 0.15) is 52.7 Å². The Morgan fingerprint density at radius 2 is 1.38 bits per heavy atom. The van der Waals surface area contributed by atoms with E-state index in [1.54, 1.807) is 0 Å². The zero-order chi connectivity index (χ0) is 29.0. The summed E-state index contributed by atoms with van der Waals surface area (Å²) in [5, 5.41) is 5.99. The topological polar surface area (TPSA) is 12.5 Å². The molecule has 0 radical (unpaired) electrons. The minimum atomic E-state index is -0.193. The first-order valence-electron chi connectivity index (χ1n) is 14.9. The molecule has 0 saturated carbocycles. The summed E-state index contributed by atoms with van der Waals surface area (Å²) in [6.07, 6.45) is 0. The average Bonchev–Trinajstić information content (AvgIpc) is 3.44. The number of fused-ring (bicyclic) bond motifs is 8. The molecule has 0 atom stereocenters. The van der Waals surface area contributed by atoms with Crippen LogP contribution in [0.3, 0.4) is 0 Å². The number of hydrogen-bond acceptors (Lipinski definition) is 3. The van der Waals surface area contributed by atoms with Crippen LogP contribution in [0, 0.1) is 0 Å². The van der Waals surface area contributed by atoms with Gasteiger partial charge in [-0.3, -0.25) is 0 Å². The molecule has 206 valence electrons. The molecular weight excluding hydrogens is 529 g/mol. The van der Waals surface area contributed by atoms with E-state index in [1.807, 2.05) is 11.3 Å². The molecule has 0 amide bonds. The van der Waals surface area contributed by atoms with Crippen molar-refractivity contribution in [2.24, 2.45) is 0 Å². The van der Waals surface area contributed by atoms with Crippen LogP contribution >= 0.6 is 11.3 Å². The molecule has 4 heteroatoms. The third-order valence-corrected chi connectivity index (χ3v) is 9.96. The van der Waals surface area contributed by atoms with Crippen molar-refractivity contribution in [2.45, 2.75) is 52.4 Å². The van der Waals surface area contributed by atoms with Gasteiger partial charge in [-0.25, -0.2) is 0 Å². The first kappa shape index (κ1) is 25.7. The van der Waals surface area contributed by atoms with Gasteiger partial charge in [-0.2, -0.15) is 0 Å². The maximum Gasteiger partial charge on any atom is 0.432 e. The number of nitrogens with zero attached hydrogens (tertiary/aromatic N) is 1. The quantitative estimate of drug-likeness (QED) is 0.185. The van der Waals surface area contributed by atoms with Gasteiger partial charge < -0.3 is 9.55 Å². The van der Waals surface area contributed by atoms with Gasteiger partial charge in [-0.05, 0) is 85.5 Å². The van der Waals surface area contributed by atoms with Gasteiger partial charge in [0.1, 0.15) is 5.75 Å². The lowest BCUT2D eigenvalue weighted by molar-refractivity contribution is 0.568. The standard InChI is InChI=1S/C38H34BNOS/c1-37(2,3)25-20-26(38(4,5)6)22-27(21-25)40-31-16-15-23-11-7-8-12-28(23)33(31)39-34-30(29-13-9-10-14-32(29)41-39)19-24-17-18-42-36(24)35(34)40/h7-22H,1-6H3. The highest BCUT2D eigenvalue weighted by Crippen LogP contribution is 2.49. The molecule has 6 aromatic rings. The van der Waals surface area contributed by atoms with Crippen LogP contribution in [-0.4, -0.2) is 6.92 Å². The monoisotopic (exact) mass is 563 g/mol. The largest absolute Gasteiger partial charge is 0.551 e. The van der Waals surface area contributed by atoms with E-state index in [-0.39, 0.29) is 17.7 Å². The number of para-hydroxylation sites is 1. The second-order valence-corrected chi connectivity index (χ2v) is 14.8. The van der Waals surface area contributed by atoms with Crippen LogP contribution in [0.2, 0.25) is 0 Å². The van der Waals surface area contributed by atoms with Gasteiger partial charge in [-0.1, -0.05) is 96.1 Å². The first-order valence-corrected chi connectivity index (χ1v) is 15.8. The second kappa shape index (κ2) is 8.75. The fourth-order valence-corrected chi connectivity index (χ4v) is 7.68. The van der Waals surface area contributed by atoms with E-state index in [9.17, 15) is 0 Å². The molecular formula is C38H34BNOS. The van der Waals surface area contributed by atoms with Gasteiger partial charge in [0.15, 0.2) is 0 Å². The summed E-state index contributed by atoms with van der Waals surface area (Å²) in [5.74, 6) is 0.951. The third kappa shape index (κ3) is 3.71. The highest BCUT2D eigenvalue weighted by Gasteiger charge is 2.44. The molecule has 1 aromatic heterocycles.